The minimum atomic E-state index is -4.60. The summed E-state index contributed by atoms with van der Waals surface area (Å²) in [6.07, 6.45) is -3.93. The zero-order valence-electron chi connectivity index (χ0n) is 15.0. The summed E-state index contributed by atoms with van der Waals surface area (Å²) in [5.41, 5.74) is -1.08. The normalized spacial score (nSPS) is 11.8. The Hall–Kier alpha value is -2.35. The number of methoxy groups -OCH3 is 1. The van der Waals surface area contributed by atoms with Crippen LogP contribution in [0.5, 0.6) is 5.75 Å². The van der Waals surface area contributed by atoms with Crippen molar-refractivity contribution in [1.82, 2.24) is 14.7 Å². The molecule has 26 heavy (non-hydrogen) atoms. The molecule has 2 rings (SSSR count). The maximum atomic E-state index is 13.2. The van der Waals surface area contributed by atoms with Gasteiger partial charge in [0.1, 0.15) is 5.75 Å². The molecule has 0 aliphatic carbocycles. The van der Waals surface area contributed by atoms with E-state index in [0.717, 1.165) is 10.2 Å². The zero-order valence-corrected chi connectivity index (χ0v) is 15.0. The van der Waals surface area contributed by atoms with Gasteiger partial charge in [0.15, 0.2) is 0 Å². The van der Waals surface area contributed by atoms with Crippen molar-refractivity contribution in [1.29, 1.82) is 0 Å². The number of rotatable bonds is 7. The highest BCUT2D eigenvalue weighted by Crippen LogP contribution is 2.30. The average molecular weight is 369 g/mol. The lowest BCUT2D eigenvalue weighted by atomic mass is 10.1. The van der Waals surface area contributed by atoms with E-state index in [4.69, 9.17) is 4.74 Å². The standard InChI is InChI=1S/C18H22F3N3O2/c1-23(2)10-4-5-16-15(18(19,20)21)11-17(25)24(22-16)12-13-6-8-14(26-3)9-7-13/h6-9,11H,4-5,10,12H2,1-3H3. The summed E-state index contributed by atoms with van der Waals surface area (Å²) in [5.74, 6) is 0.658. The van der Waals surface area contributed by atoms with Crippen LogP contribution in [-0.2, 0) is 19.1 Å². The molecule has 1 aromatic heterocycles. The molecule has 2 aromatic rings. The second-order valence-corrected chi connectivity index (χ2v) is 6.25. The number of hydrogen-bond acceptors (Lipinski definition) is 4. The van der Waals surface area contributed by atoms with Gasteiger partial charge in [0, 0.05) is 6.07 Å². The molecular formula is C18H22F3N3O2. The Morgan fingerprint density at radius 1 is 1.19 bits per heavy atom. The monoisotopic (exact) mass is 369 g/mol. The molecular weight excluding hydrogens is 347 g/mol. The number of ether oxygens (including phenoxy) is 1. The van der Waals surface area contributed by atoms with Crippen molar-refractivity contribution in [3.8, 4) is 5.75 Å². The van der Waals surface area contributed by atoms with E-state index in [1.807, 2.05) is 19.0 Å². The fourth-order valence-electron chi connectivity index (χ4n) is 2.54. The van der Waals surface area contributed by atoms with Gasteiger partial charge in [-0.05, 0) is 51.2 Å². The Balaban J connectivity index is 2.32. The highest BCUT2D eigenvalue weighted by Gasteiger charge is 2.35. The second kappa shape index (κ2) is 8.35. The first-order valence-corrected chi connectivity index (χ1v) is 8.16. The predicted molar refractivity (Wildman–Crippen MR) is 92.5 cm³/mol. The maximum absolute atomic E-state index is 13.2. The van der Waals surface area contributed by atoms with Gasteiger partial charge in [-0.3, -0.25) is 4.79 Å². The van der Waals surface area contributed by atoms with E-state index in [9.17, 15) is 18.0 Å². The largest absolute Gasteiger partial charge is 0.497 e. The van der Waals surface area contributed by atoms with Crippen molar-refractivity contribution in [3.63, 3.8) is 0 Å². The number of aromatic nitrogens is 2. The fraction of sp³-hybridized carbons (Fsp3) is 0.444. The van der Waals surface area contributed by atoms with Crippen molar-refractivity contribution in [3.05, 3.63) is 57.5 Å². The van der Waals surface area contributed by atoms with Crippen LogP contribution in [0.15, 0.2) is 35.1 Å². The molecule has 0 atom stereocenters. The molecule has 0 aliphatic rings. The highest BCUT2D eigenvalue weighted by atomic mass is 19.4. The topological polar surface area (TPSA) is 47.4 Å². The van der Waals surface area contributed by atoms with Crippen molar-refractivity contribution < 1.29 is 17.9 Å². The molecule has 1 aromatic carbocycles. The van der Waals surface area contributed by atoms with Crippen LogP contribution in [0.4, 0.5) is 13.2 Å². The van der Waals surface area contributed by atoms with Gasteiger partial charge in [-0.1, -0.05) is 12.1 Å². The third-order valence-electron chi connectivity index (χ3n) is 3.89. The number of halogens is 3. The fourth-order valence-corrected chi connectivity index (χ4v) is 2.54. The van der Waals surface area contributed by atoms with Gasteiger partial charge in [-0.25, -0.2) is 4.68 Å². The van der Waals surface area contributed by atoms with E-state index >= 15 is 0 Å². The molecule has 0 radical (unpaired) electrons. The first kappa shape index (κ1) is 20.0. The molecule has 1 heterocycles. The Labute approximate surface area is 150 Å². The summed E-state index contributed by atoms with van der Waals surface area (Å²) >= 11 is 0. The molecule has 5 nitrogen and oxygen atoms in total. The second-order valence-electron chi connectivity index (χ2n) is 6.25. The van der Waals surface area contributed by atoms with Crippen LogP contribution in [-0.4, -0.2) is 42.4 Å². The number of benzene rings is 1. The lowest BCUT2D eigenvalue weighted by Crippen LogP contribution is -2.28. The van der Waals surface area contributed by atoms with Crippen LogP contribution < -0.4 is 10.3 Å². The van der Waals surface area contributed by atoms with E-state index in [-0.39, 0.29) is 18.7 Å². The average Bonchev–Trinajstić information content (AvgIpc) is 2.56. The Morgan fingerprint density at radius 2 is 1.85 bits per heavy atom. The van der Waals surface area contributed by atoms with Gasteiger partial charge >= 0.3 is 6.18 Å². The van der Waals surface area contributed by atoms with Crippen molar-refractivity contribution in [2.24, 2.45) is 0 Å². The third-order valence-corrected chi connectivity index (χ3v) is 3.89. The number of aryl methyl sites for hydroxylation is 1. The molecule has 0 aliphatic heterocycles. The summed E-state index contributed by atoms with van der Waals surface area (Å²) < 4.78 is 45.9. The molecule has 0 fully saturated rings. The van der Waals surface area contributed by atoms with Crippen LogP contribution in [0.2, 0.25) is 0 Å². The first-order valence-electron chi connectivity index (χ1n) is 8.16. The van der Waals surface area contributed by atoms with Crippen LogP contribution in [0, 0.1) is 0 Å². The van der Waals surface area contributed by atoms with Crippen LogP contribution >= 0.6 is 0 Å². The quantitative estimate of drug-likeness (QED) is 0.753. The van der Waals surface area contributed by atoms with E-state index in [1.165, 1.54) is 7.11 Å². The van der Waals surface area contributed by atoms with Crippen molar-refractivity contribution in [2.45, 2.75) is 25.6 Å². The van der Waals surface area contributed by atoms with Gasteiger partial charge in [0.25, 0.3) is 5.56 Å². The molecule has 0 bridgehead atoms. The van der Waals surface area contributed by atoms with Gasteiger partial charge in [-0.2, -0.15) is 18.3 Å². The summed E-state index contributed by atoms with van der Waals surface area (Å²) in [4.78, 5) is 14.0. The summed E-state index contributed by atoms with van der Waals surface area (Å²) in [7, 11) is 5.24. The molecule has 0 amide bonds. The van der Waals surface area contributed by atoms with E-state index in [1.54, 1.807) is 24.3 Å². The Morgan fingerprint density at radius 3 is 2.38 bits per heavy atom. The Bertz CT molecular complexity index is 784. The SMILES string of the molecule is COc1ccc(Cn2nc(CCCN(C)C)c(C(F)(F)F)cc2=O)cc1. The molecule has 0 saturated heterocycles. The highest BCUT2D eigenvalue weighted by molar-refractivity contribution is 5.27. The summed E-state index contributed by atoms with van der Waals surface area (Å²) in [5, 5.41) is 4.01. The third kappa shape index (κ3) is 5.32. The van der Waals surface area contributed by atoms with Crippen LogP contribution in [0.3, 0.4) is 0 Å². The number of hydrogen-bond donors (Lipinski definition) is 0. The van der Waals surface area contributed by atoms with Crippen LogP contribution in [0.1, 0.15) is 23.2 Å². The van der Waals surface area contributed by atoms with Crippen LogP contribution in [0.25, 0.3) is 0 Å². The van der Waals surface area contributed by atoms with Gasteiger partial charge in [0.05, 0.1) is 24.9 Å². The molecule has 0 unspecified atom stereocenters. The van der Waals surface area contributed by atoms with E-state index < -0.39 is 17.3 Å². The maximum Gasteiger partial charge on any atom is 0.418 e. The summed E-state index contributed by atoms with van der Waals surface area (Å²) in [6.45, 7) is 0.734. The molecule has 8 heteroatoms. The minimum Gasteiger partial charge on any atom is -0.497 e. The van der Waals surface area contributed by atoms with Crippen molar-refractivity contribution in [2.75, 3.05) is 27.7 Å². The number of alkyl halides is 3. The van der Waals surface area contributed by atoms with Crippen molar-refractivity contribution >= 4 is 0 Å². The Kier molecular flexibility index (Phi) is 6.42. The van der Waals surface area contributed by atoms with E-state index in [2.05, 4.69) is 5.10 Å². The number of nitrogens with zero attached hydrogens (tertiary/aromatic N) is 3. The predicted octanol–water partition coefficient (Wildman–Crippen LogP) is 2.81. The van der Waals surface area contributed by atoms with Gasteiger partial charge < -0.3 is 9.64 Å². The summed E-state index contributed by atoms with van der Waals surface area (Å²) in [6, 6.07) is 7.58. The molecule has 0 spiro atoms. The van der Waals surface area contributed by atoms with Gasteiger partial charge in [-0.15, -0.1) is 0 Å². The molecule has 0 N–H and O–H groups in total. The van der Waals surface area contributed by atoms with Gasteiger partial charge in [0.2, 0.25) is 0 Å². The molecule has 0 saturated carbocycles. The molecule has 142 valence electrons. The lowest BCUT2D eigenvalue weighted by molar-refractivity contribution is -0.138. The smallest absolute Gasteiger partial charge is 0.418 e. The van der Waals surface area contributed by atoms with E-state index in [0.29, 0.717) is 24.8 Å². The zero-order chi connectivity index (χ0) is 19.3. The lowest BCUT2D eigenvalue weighted by Gasteiger charge is -2.15. The first-order chi connectivity index (χ1) is 12.2. The minimum absolute atomic E-state index is 0.0989.